The van der Waals surface area contributed by atoms with E-state index in [1.165, 1.54) is 0 Å². The van der Waals surface area contributed by atoms with Crippen LogP contribution in [0.15, 0.2) is 36.5 Å². The Bertz CT molecular complexity index is 548. The summed E-state index contributed by atoms with van der Waals surface area (Å²) in [5.74, 6) is 0.788. The van der Waals surface area contributed by atoms with Gasteiger partial charge in [0.05, 0.1) is 12.2 Å². The Labute approximate surface area is 119 Å². The fourth-order valence-corrected chi connectivity index (χ4v) is 2.20. The third kappa shape index (κ3) is 3.46. The number of fused-ring (bicyclic) bond motifs is 1. The molecule has 0 fully saturated rings. The number of hydrogen-bond donors (Lipinski definition) is 2. The number of benzene rings is 1. The Hall–Kier alpha value is -1.65. The van der Waals surface area contributed by atoms with Crippen molar-refractivity contribution in [2.75, 3.05) is 13.2 Å². The summed E-state index contributed by atoms with van der Waals surface area (Å²) in [6.45, 7) is 2.79. The van der Waals surface area contributed by atoms with E-state index in [9.17, 15) is 5.11 Å². The number of rotatable bonds is 7. The topological polar surface area (TPSA) is 68.4 Å². The SMILES string of the molecule is CCC(O)(CN)CCCOc1cccc2cccnc12. The molecule has 2 aromatic rings. The van der Waals surface area contributed by atoms with Crippen LogP contribution in [0.25, 0.3) is 10.9 Å². The maximum atomic E-state index is 10.1. The van der Waals surface area contributed by atoms with Crippen molar-refractivity contribution >= 4 is 10.9 Å². The van der Waals surface area contributed by atoms with Crippen LogP contribution in [0.1, 0.15) is 26.2 Å². The second-order valence-electron chi connectivity index (χ2n) is 5.07. The molecule has 0 aliphatic rings. The summed E-state index contributed by atoms with van der Waals surface area (Å²) in [4.78, 5) is 4.35. The predicted octanol–water partition coefficient (Wildman–Crippen LogP) is 2.49. The van der Waals surface area contributed by atoms with E-state index in [2.05, 4.69) is 4.98 Å². The number of aromatic nitrogens is 1. The molecule has 1 aromatic heterocycles. The van der Waals surface area contributed by atoms with E-state index in [0.29, 0.717) is 26.0 Å². The van der Waals surface area contributed by atoms with Crippen LogP contribution in [-0.2, 0) is 0 Å². The van der Waals surface area contributed by atoms with E-state index < -0.39 is 5.60 Å². The standard InChI is InChI=1S/C16H22N2O2/c1-2-16(19,12-17)9-5-11-20-14-8-3-6-13-7-4-10-18-15(13)14/h3-4,6-8,10,19H,2,5,9,11-12,17H2,1H3. The van der Waals surface area contributed by atoms with E-state index in [1.54, 1.807) is 6.20 Å². The number of pyridine rings is 1. The molecule has 4 nitrogen and oxygen atoms in total. The highest BCUT2D eigenvalue weighted by molar-refractivity contribution is 5.84. The molecule has 2 rings (SSSR count). The zero-order valence-corrected chi connectivity index (χ0v) is 11.9. The van der Waals surface area contributed by atoms with Crippen LogP contribution in [0.2, 0.25) is 0 Å². The number of nitrogens with two attached hydrogens (primary N) is 1. The lowest BCUT2D eigenvalue weighted by atomic mass is 9.95. The van der Waals surface area contributed by atoms with Gasteiger partial charge < -0.3 is 15.6 Å². The van der Waals surface area contributed by atoms with Crippen molar-refractivity contribution in [2.24, 2.45) is 5.73 Å². The molecule has 4 heteroatoms. The fourth-order valence-electron chi connectivity index (χ4n) is 2.20. The highest BCUT2D eigenvalue weighted by atomic mass is 16.5. The van der Waals surface area contributed by atoms with Crippen molar-refractivity contribution < 1.29 is 9.84 Å². The van der Waals surface area contributed by atoms with E-state index in [1.807, 2.05) is 37.3 Å². The molecule has 0 radical (unpaired) electrons. The van der Waals surface area contributed by atoms with Gasteiger partial charge in [-0.2, -0.15) is 0 Å². The Morgan fingerprint density at radius 2 is 2.10 bits per heavy atom. The number of hydrogen-bond acceptors (Lipinski definition) is 4. The minimum atomic E-state index is -0.764. The molecule has 1 heterocycles. The zero-order valence-electron chi connectivity index (χ0n) is 11.9. The van der Waals surface area contributed by atoms with Crippen LogP contribution in [0.4, 0.5) is 0 Å². The number of nitrogens with zero attached hydrogens (tertiary/aromatic N) is 1. The normalized spacial score (nSPS) is 14.2. The molecular weight excluding hydrogens is 252 g/mol. The molecule has 1 aromatic carbocycles. The summed E-state index contributed by atoms with van der Waals surface area (Å²) in [5, 5.41) is 11.2. The monoisotopic (exact) mass is 274 g/mol. The van der Waals surface area contributed by atoms with Gasteiger partial charge in [0, 0.05) is 18.1 Å². The summed E-state index contributed by atoms with van der Waals surface area (Å²) in [7, 11) is 0. The largest absolute Gasteiger partial charge is 0.491 e. The maximum Gasteiger partial charge on any atom is 0.145 e. The van der Waals surface area contributed by atoms with E-state index in [0.717, 1.165) is 23.1 Å². The van der Waals surface area contributed by atoms with Crippen LogP contribution in [0, 0.1) is 0 Å². The first-order valence-electron chi connectivity index (χ1n) is 7.07. The summed E-state index contributed by atoms with van der Waals surface area (Å²) in [6, 6.07) is 9.82. The first-order chi connectivity index (χ1) is 9.68. The Morgan fingerprint density at radius 1 is 1.30 bits per heavy atom. The summed E-state index contributed by atoms with van der Waals surface area (Å²) >= 11 is 0. The lowest BCUT2D eigenvalue weighted by molar-refractivity contribution is 0.0309. The van der Waals surface area contributed by atoms with Gasteiger partial charge in [0.2, 0.25) is 0 Å². The molecule has 1 atom stereocenters. The maximum absolute atomic E-state index is 10.1. The van der Waals surface area contributed by atoms with Crippen LogP contribution >= 0.6 is 0 Å². The molecule has 0 saturated heterocycles. The van der Waals surface area contributed by atoms with Gasteiger partial charge in [0.1, 0.15) is 11.3 Å². The highest BCUT2D eigenvalue weighted by Crippen LogP contribution is 2.23. The van der Waals surface area contributed by atoms with Crippen LogP contribution in [0.3, 0.4) is 0 Å². The summed E-state index contributed by atoms with van der Waals surface area (Å²) < 4.78 is 5.79. The van der Waals surface area contributed by atoms with E-state index >= 15 is 0 Å². The fraction of sp³-hybridized carbons (Fsp3) is 0.438. The van der Waals surface area contributed by atoms with Crippen LogP contribution in [0.5, 0.6) is 5.75 Å². The van der Waals surface area contributed by atoms with Crippen molar-refractivity contribution in [3.8, 4) is 5.75 Å². The molecule has 0 saturated carbocycles. The first-order valence-corrected chi connectivity index (χ1v) is 7.07. The molecule has 3 N–H and O–H groups in total. The second-order valence-corrected chi connectivity index (χ2v) is 5.07. The lowest BCUT2D eigenvalue weighted by Crippen LogP contribution is -2.37. The molecule has 0 spiro atoms. The molecule has 0 aliphatic heterocycles. The molecular formula is C16H22N2O2. The number of aliphatic hydroxyl groups is 1. The zero-order chi connectivity index (χ0) is 14.4. The van der Waals surface area contributed by atoms with Crippen molar-refractivity contribution in [1.82, 2.24) is 4.98 Å². The number of para-hydroxylation sites is 1. The second kappa shape index (κ2) is 6.68. The van der Waals surface area contributed by atoms with Gasteiger partial charge in [-0.3, -0.25) is 4.98 Å². The first kappa shape index (κ1) is 14.8. The molecule has 1 unspecified atom stereocenters. The predicted molar refractivity (Wildman–Crippen MR) is 80.8 cm³/mol. The van der Waals surface area contributed by atoms with Gasteiger partial charge in [-0.25, -0.2) is 0 Å². The van der Waals surface area contributed by atoms with Gasteiger partial charge in [-0.05, 0) is 31.4 Å². The van der Waals surface area contributed by atoms with Gasteiger partial charge >= 0.3 is 0 Å². The lowest BCUT2D eigenvalue weighted by Gasteiger charge is -2.24. The number of ether oxygens (including phenoxy) is 1. The van der Waals surface area contributed by atoms with Crippen molar-refractivity contribution in [2.45, 2.75) is 31.8 Å². The molecule has 0 amide bonds. The third-order valence-electron chi connectivity index (χ3n) is 3.68. The van der Waals surface area contributed by atoms with Gasteiger partial charge in [-0.15, -0.1) is 0 Å². The summed E-state index contributed by atoms with van der Waals surface area (Å²) in [6.07, 6.45) is 3.85. The molecule has 0 bridgehead atoms. The van der Waals surface area contributed by atoms with Gasteiger partial charge in [0.15, 0.2) is 0 Å². The van der Waals surface area contributed by atoms with E-state index in [-0.39, 0.29) is 0 Å². The van der Waals surface area contributed by atoms with Crippen molar-refractivity contribution in [1.29, 1.82) is 0 Å². The minimum Gasteiger partial charge on any atom is -0.491 e. The third-order valence-corrected chi connectivity index (χ3v) is 3.68. The van der Waals surface area contributed by atoms with Gasteiger partial charge in [0.25, 0.3) is 0 Å². The molecule has 108 valence electrons. The Balaban J connectivity index is 1.94. The molecule has 0 aliphatic carbocycles. The minimum absolute atomic E-state index is 0.291. The van der Waals surface area contributed by atoms with Crippen molar-refractivity contribution in [3.63, 3.8) is 0 Å². The van der Waals surface area contributed by atoms with E-state index in [4.69, 9.17) is 10.5 Å². The average molecular weight is 274 g/mol. The average Bonchev–Trinajstić information content (AvgIpc) is 2.51. The Morgan fingerprint density at radius 3 is 2.85 bits per heavy atom. The van der Waals surface area contributed by atoms with Crippen molar-refractivity contribution in [3.05, 3.63) is 36.5 Å². The van der Waals surface area contributed by atoms with Crippen LogP contribution in [-0.4, -0.2) is 28.8 Å². The van der Waals surface area contributed by atoms with Gasteiger partial charge in [-0.1, -0.05) is 25.1 Å². The smallest absolute Gasteiger partial charge is 0.145 e. The van der Waals surface area contributed by atoms with Crippen LogP contribution < -0.4 is 10.5 Å². The Kier molecular flexibility index (Phi) is 4.93. The highest BCUT2D eigenvalue weighted by Gasteiger charge is 2.21. The summed E-state index contributed by atoms with van der Waals surface area (Å²) in [5.41, 5.74) is 5.70. The quantitative estimate of drug-likeness (QED) is 0.761. The molecule has 20 heavy (non-hydrogen) atoms.